The Kier molecular flexibility index (Phi) is 11.4. The van der Waals surface area contributed by atoms with E-state index in [1.165, 1.54) is 32.6 Å². The van der Waals surface area contributed by atoms with Gasteiger partial charge in [-0.1, -0.05) is 26.2 Å². The van der Waals surface area contributed by atoms with Crippen molar-refractivity contribution in [1.29, 1.82) is 0 Å². The van der Waals surface area contributed by atoms with E-state index in [4.69, 9.17) is 4.74 Å². The maximum absolute atomic E-state index is 10.5. The molecule has 0 aliphatic rings. The maximum atomic E-state index is 10.5. The summed E-state index contributed by atoms with van der Waals surface area (Å²) in [6, 6.07) is 0. The molecule has 0 aliphatic carbocycles. The first-order chi connectivity index (χ1) is 7.77. The molecule has 0 heterocycles. The molecule has 0 unspecified atom stereocenters. The zero-order valence-electron chi connectivity index (χ0n) is 10.7. The molecule has 0 saturated carbocycles. The van der Waals surface area contributed by atoms with Gasteiger partial charge in [-0.2, -0.15) is 0 Å². The Bertz CT molecular complexity index is 223. The van der Waals surface area contributed by atoms with Crippen LogP contribution in [-0.4, -0.2) is 12.6 Å². The predicted molar refractivity (Wildman–Crippen MR) is 67.0 cm³/mol. The van der Waals surface area contributed by atoms with Crippen LogP contribution in [0.1, 0.15) is 65.2 Å². The molecular formula is C14H24O2. The van der Waals surface area contributed by atoms with Crippen molar-refractivity contribution in [3.8, 4) is 11.8 Å². The van der Waals surface area contributed by atoms with E-state index in [0.717, 1.165) is 25.7 Å². The van der Waals surface area contributed by atoms with Gasteiger partial charge in [0.2, 0.25) is 0 Å². The van der Waals surface area contributed by atoms with Crippen LogP contribution in [0.4, 0.5) is 0 Å². The first-order valence-electron chi connectivity index (χ1n) is 6.36. The smallest absolute Gasteiger partial charge is 0.302 e. The zero-order chi connectivity index (χ0) is 12.1. The maximum Gasteiger partial charge on any atom is 0.302 e. The number of hydrogen-bond acceptors (Lipinski definition) is 2. The fraction of sp³-hybridized carbons (Fsp3) is 0.786. The molecule has 0 aromatic rings. The summed E-state index contributed by atoms with van der Waals surface area (Å²) in [5, 5.41) is 0. The summed E-state index contributed by atoms with van der Waals surface area (Å²) >= 11 is 0. The summed E-state index contributed by atoms with van der Waals surface area (Å²) in [7, 11) is 0. The third-order valence-electron chi connectivity index (χ3n) is 2.28. The van der Waals surface area contributed by atoms with E-state index in [-0.39, 0.29) is 5.97 Å². The lowest BCUT2D eigenvalue weighted by Crippen LogP contribution is -1.99. The van der Waals surface area contributed by atoms with Gasteiger partial charge in [-0.05, 0) is 19.3 Å². The van der Waals surface area contributed by atoms with Crippen LogP contribution in [0.2, 0.25) is 0 Å². The highest BCUT2D eigenvalue weighted by molar-refractivity contribution is 5.65. The molecule has 0 spiro atoms. The van der Waals surface area contributed by atoms with Gasteiger partial charge in [0.05, 0.1) is 6.61 Å². The number of ether oxygens (including phenoxy) is 1. The molecule has 0 aromatic heterocycles. The van der Waals surface area contributed by atoms with E-state index >= 15 is 0 Å². The van der Waals surface area contributed by atoms with Crippen molar-refractivity contribution in [2.75, 3.05) is 6.61 Å². The van der Waals surface area contributed by atoms with Crippen LogP contribution in [0.15, 0.2) is 0 Å². The zero-order valence-corrected chi connectivity index (χ0v) is 10.7. The van der Waals surface area contributed by atoms with E-state index in [1.807, 2.05) is 0 Å². The highest BCUT2D eigenvalue weighted by atomic mass is 16.5. The largest absolute Gasteiger partial charge is 0.466 e. The minimum absolute atomic E-state index is 0.193. The number of rotatable bonds is 8. The molecule has 0 fully saturated rings. The normalized spacial score (nSPS) is 9.38. The molecule has 0 saturated heterocycles. The fourth-order valence-electron chi connectivity index (χ4n) is 1.35. The van der Waals surface area contributed by atoms with E-state index in [9.17, 15) is 4.79 Å². The minimum Gasteiger partial charge on any atom is -0.466 e. The molecule has 0 aromatic carbocycles. The molecule has 2 nitrogen and oxygen atoms in total. The molecule has 16 heavy (non-hydrogen) atoms. The van der Waals surface area contributed by atoms with Crippen LogP contribution in [-0.2, 0) is 9.53 Å². The second-order valence-electron chi connectivity index (χ2n) is 3.96. The van der Waals surface area contributed by atoms with Gasteiger partial charge in [-0.3, -0.25) is 4.79 Å². The van der Waals surface area contributed by atoms with Gasteiger partial charge < -0.3 is 4.74 Å². The van der Waals surface area contributed by atoms with Gasteiger partial charge in [0.15, 0.2) is 0 Å². The monoisotopic (exact) mass is 224 g/mol. The van der Waals surface area contributed by atoms with Crippen molar-refractivity contribution in [1.82, 2.24) is 0 Å². The van der Waals surface area contributed by atoms with Crippen molar-refractivity contribution in [2.45, 2.75) is 65.2 Å². The van der Waals surface area contributed by atoms with Crippen LogP contribution in [0, 0.1) is 11.8 Å². The molecule has 0 atom stereocenters. The van der Waals surface area contributed by atoms with E-state index in [1.54, 1.807) is 0 Å². The van der Waals surface area contributed by atoms with Crippen molar-refractivity contribution >= 4 is 5.97 Å². The fourth-order valence-corrected chi connectivity index (χ4v) is 1.35. The van der Waals surface area contributed by atoms with Crippen LogP contribution >= 0.6 is 0 Å². The average molecular weight is 224 g/mol. The van der Waals surface area contributed by atoms with Crippen molar-refractivity contribution in [3.05, 3.63) is 0 Å². The van der Waals surface area contributed by atoms with Gasteiger partial charge in [0, 0.05) is 19.8 Å². The number of carbonyl (C=O) groups excluding carboxylic acids is 1. The highest BCUT2D eigenvalue weighted by Gasteiger charge is 1.91. The number of hydrogen-bond donors (Lipinski definition) is 0. The second kappa shape index (κ2) is 12.1. The Hall–Kier alpha value is -0.970. The number of carbonyl (C=O) groups is 1. The van der Waals surface area contributed by atoms with Crippen molar-refractivity contribution in [2.24, 2.45) is 0 Å². The van der Waals surface area contributed by atoms with Crippen LogP contribution in [0.3, 0.4) is 0 Å². The van der Waals surface area contributed by atoms with Gasteiger partial charge in [0.1, 0.15) is 0 Å². The van der Waals surface area contributed by atoms with Crippen LogP contribution < -0.4 is 0 Å². The lowest BCUT2D eigenvalue weighted by Gasteiger charge is -1.98. The lowest BCUT2D eigenvalue weighted by molar-refractivity contribution is -0.141. The Labute approximate surface area is 99.8 Å². The SMILES string of the molecule is CCCCCCC#CCCCCOC(C)=O. The minimum atomic E-state index is -0.193. The summed E-state index contributed by atoms with van der Waals surface area (Å²) in [6.45, 7) is 4.19. The Morgan fingerprint density at radius 1 is 1.00 bits per heavy atom. The third kappa shape index (κ3) is 13.0. The lowest BCUT2D eigenvalue weighted by atomic mass is 10.1. The van der Waals surface area contributed by atoms with Gasteiger partial charge in [0.25, 0.3) is 0 Å². The Balaban J connectivity index is 3.12. The highest BCUT2D eigenvalue weighted by Crippen LogP contribution is 2.01. The molecule has 0 N–H and O–H groups in total. The summed E-state index contributed by atoms with van der Waals surface area (Å²) in [5.41, 5.74) is 0. The quantitative estimate of drug-likeness (QED) is 0.357. The first kappa shape index (κ1) is 15.0. The predicted octanol–water partition coefficient (Wildman–Crippen LogP) is 3.69. The number of unbranched alkanes of at least 4 members (excludes halogenated alkanes) is 6. The molecule has 0 rings (SSSR count). The molecule has 0 amide bonds. The standard InChI is InChI=1S/C14H24O2/c1-3-4-5-6-7-8-9-10-11-12-13-16-14(2)15/h3-7,10-13H2,1-2H3. The molecule has 92 valence electrons. The second-order valence-corrected chi connectivity index (χ2v) is 3.96. The van der Waals surface area contributed by atoms with E-state index in [2.05, 4.69) is 18.8 Å². The molecule has 0 bridgehead atoms. The summed E-state index contributed by atoms with van der Waals surface area (Å²) in [6.07, 6.45) is 9.04. The molecule has 0 aliphatic heterocycles. The Morgan fingerprint density at radius 3 is 2.19 bits per heavy atom. The number of esters is 1. The first-order valence-corrected chi connectivity index (χ1v) is 6.36. The molecule has 0 radical (unpaired) electrons. The topological polar surface area (TPSA) is 26.3 Å². The molecule has 2 heteroatoms. The van der Waals surface area contributed by atoms with Crippen molar-refractivity contribution < 1.29 is 9.53 Å². The van der Waals surface area contributed by atoms with Crippen LogP contribution in [0.5, 0.6) is 0 Å². The van der Waals surface area contributed by atoms with Gasteiger partial charge in [-0.25, -0.2) is 0 Å². The van der Waals surface area contributed by atoms with E-state index in [0.29, 0.717) is 6.61 Å². The molecular weight excluding hydrogens is 200 g/mol. The summed E-state index contributed by atoms with van der Waals surface area (Å²) < 4.78 is 4.83. The Morgan fingerprint density at radius 2 is 1.62 bits per heavy atom. The van der Waals surface area contributed by atoms with Gasteiger partial charge >= 0.3 is 5.97 Å². The van der Waals surface area contributed by atoms with E-state index < -0.39 is 0 Å². The third-order valence-corrected chi connectivity index (χ3v) is 2.28. The van der Waals surface area contributed by atoms with Crippen molar-refractivity contribution in [3.63, 3.8) is 0 Å². The summed E-state index contributed by atoms with van der Waals surface area (Å²) in [5.74, 6) is 6.15. The van der Waals surface area contributed by atoms with Gasteiger partial charge in [-0.15, -0.1) is 11.8 Å². The van der Waals surface area contributed by atoms with Crippen LogP contribution in [0.25, 0.3) is 0 Å². The summed E-state index contributed by atoms with van der Waals surface area (Å²) in [4.78, 5) is 10.5. The average Bonchev–Trinajstić information content (AvgIpc) is 2.25.